The van der Waals surface area contributed by atoms with Crippen LogP contribution < -0.4 is 26.6 Å². The van der Waals surface area contributed by atoms with Gasteiger partial charge in [-0.2, -0.15) is 0 Å². The number of carbonyl (C=O) groups excluding carboxylic acids is 5. The normalized spacial score (nSPS) is 9.66. The molecule has 0 spiro atoms. The predicted molar refractivity (Wildman–Crippen MR) is 98.4 cm³/mol. The molecule has 1 aromatic rings. The lowest BCUT2D eigenvalue weighted by atomic mass is 10.2. The molecule has 6 N–H and O–H groups in total. The Balaban J connectivity index is 2.15. The quantitative estimate of drug-likeness (QED) is 0.225. The molecule has 0 heterocycles. The standard InChI is InChI=1S/C17H21N5O7/c23-12(19-8-14(25)21-10-16(27)28)6-18-13(24)7-20-15(26)9-22-17(29)11-4-2-1-3-5-11/h1-5H,6-10H2,(H,18,24)(H,19,23)(H,20,26)(H,21,25)(H,22,29)(H,27,28). The molecule has 0 atom stereocenters. The van der Waals surface area contributed by atoms with E-state index in [0.29, 0.717) is 5.56 Å². The van der Waals surface area contributed by atoms with E-state index >= 15 is 0 Å². The summed E-state index contributed by atoms with van der Waals surface area (Å²) in [6, 6.07) is 8.27. The maximum Gasteiger partial charge on any atom is 0.322 e. The summed E-state index contributed by atoms with van der Waals surface area (Å²) >= 11 is 0. The van der Waals surface area contributed by atoms with Gasteiger partial charge in [0.1, 0.15) is 6.54 Å². The van der Waals surface area contributed by atoms with Gasteiger partial charge in [-0.15, -0.1) is 0 Å². The number of aliphatic carboxylic acids is 1. The van der Waals surface area contributed by atoms with Gasteiger partial charge in [-0.3, -0.25) is 28.8 Å². The number of carboxylic acid groups (broad SMARTS) is 1. The summed E-state index contributed by atoms with van der Waals surface area (Å²) in [6.07, 6.45) is 0. The number of rotatable bonds is 11. The van der Waals surface area contributed by atoms with Crippen molar-refractivity contribution in [3.8, 4) is 0 Å². The van der Waals surface area contributed by atoms with Gasteiger partial charge in [0.2, 0.25) is 23.6 Å². The van der Waals surface area contributed by atoms with Crippen molar-refractivity contribution < 1.29 is 33.9 Å². The minimum Gasteiger partial charge on any atom is -0.480 e. The van der Waals surface area contributed by atoms with Crippen molar-refractivity contribution in [2.45, 2.75) is 0 Å². The second-order valence-electron chi connectivity index (χ2n) is 5.55. The highest BCUT2D eigenvalue weighted by Crippen LogP contribution is 1.97. The molecule has 0 aliphatic rings. The smallest absolute Gasteiger partial charge is 0.322 e. The zero-order valence-corrected chi connectivity index (χ0v) is 15.3. The summed E-state index contributed by atoms with van der Waals surface area (Å²) in [5.41, 5.74) is 0.390. The SMILES string of the molecule is O=C(O)CNC(=O)CNC(=O)CNC(=O)CNC(=O)CNC(=O)c1ccccc1. The van der Waals surface area contributed by atoms with Gasteiger partial charge in [0.05, 0.1) is 26.2 Å². The minimum absolute atomic E-state index is 0.326. The molecular formula is C17H21N5O7. The third-order valence-corrected chi connectivity index (χ3v) is 3.22. The van der Waals surface area contributed by atoms with E-state index in [9.17, 15) is 28.8 Å². The Morgan fingerprint density at radius 2 is 0.966 bits per heavy atom. The molecule has 12 heteroatoms. The Labute approximate surface area is 165 Å². The van der Waals surface area contributed by atoms with Crippen molar-refractivity contribution in [1.82, 2.24) is 26.6 Å². The second kappa shape index (κ2) is 12.4. The molecular weight excluding hydrogens is 386 g/mol. The van der Waals surface area contributed by atoms with Crippen LogP contribution in [0.4, 0.5) is 0 Å². The van der Waals surface area contributed by atoms with E-state index in [1.165, 1.54) is 0 Å². The molecule has 12 nitrogen and oxygen atoms in total. The van der Waals surface area contributed by atoms with Gasteiger partial charge in [-0.25, -0.2) is 0 Å². The van der Waals surface area contributed by atoms with Gasteiger partial charge in [0.25, 0.3) is 5.91 Å². The van der Waals surface area contributed by atoms with E-state index in [2.05, 4.69) is 21.3 Å². The van der Waals surface area contributed by atoms with Crippen molar-refractivity contribution >= 4 is 35.5 Å². The van der Waals surface area contributed by atoms with Crippen LogP contribution in [0.15, 0.2) is 30.3 Å². The number of benzene rings is 1. The summed E-state index contributed by atoms with van der Waals surface area (Å²) in [6.45, 7) is -2.19. The number of hydrogen-bond acceptors (Lipinski definition) is 6. The van der Waals surface area contributed by atoms with E-state index in [0.717, 1.165) is 0 Å². The lowest BCUT2D eigenvalue weighted by Gasteiger charge is -2.08. The molecule has 0 fully saturated rings. The number of nitrogens with one attached hydrogen (secondary N) is 5. The van der Waals surface area contributed by atoms with Crippen molar-refractivity contribution in [1.29, 1.82) is 0 Å². The summed E-state index contributed by atoms with van der Waals surface area (Å²) in [4.78, 5) is 68.0. The number of carbonyl (C=O) groups is 6. The topological polar surface area (TPSA) is 183 Å². The van der Waals surface area contributed by atoms with E-state index in [1.807, 2.05) is 5.32 Å². The number of amides is 5. The Morgan fingerprint density at radius 3 is 1.38 bits per heavy atom. The van der Waals surface area contributed by atoms with Crippen LogP contribution in [0, 0.1) is 0 Å². The van der Waals surface area contributed by atoms with Crippen molar-refractivity contribution in [3.63, 3.8) is 0 Å². The molecule has 0 aliphatic carbocycles. The first kappa shape index (κ1) is 23.1. The Kier molecular flexibility index (Phi) is 9.89. The predicted octanol–water partition coefficient (Wildman–Crippen LogP) is -3.03. The molecule has 0 unspecified atom stereocenters. The maximum atomic E-state index is 11.8. The van der Waals surface area contributed by atoms with Gasteiger partial charge in [-0.05, 0) is 12.1 Å². The molecule has 0 bridgehead atoms. The van der Waals surface area contributed by atoms with Crippen LogP contribution in [0.5, 0.6) is 0 Å². The molecule has 1 aromatic carbocycles. The van der Waals surface area contributed by atoms with Crippen LogP contribution in [0.1, 0.15) is 10.4 Å². The molecule has 0 radical (unpaired) electrons. The highest BCUT2D eigenvalue weighted by molar-refractivity contribution is 5.97. The van der Waals surface area contributed by atoms with Crippen LogP contribution in [-0.2, 0) is 24.0 Å². The highest BCUT2D eigenvalue weighted by atomic mass is 16.4. The van der Waals surface area contributed by atoms with Gasteiger partial charge in [0, 0.05) is 5.56 Å². The maximum absolute atomic E-state index is 11.8. The lowest BCUT2D eigenvalue weighted by Crippen LogP contribution is -2.46. The number of hydrogen-bond donors (Lipinski definition) is 6. The summed E-state index contributed by atoms with van der Waals surface area (Å²) in [5.74, 6) is -4.28. The molecule has 156 valence electrons. The Bertz CT molecular complexity index is 767. The van der Waals surface area contributed by atoms with Crippen LogP contribution in [0.3, 0.4) is 0 Å². The van der Waals surface area contributed by atoms with Crippen LogP contribution in [0.2, 0.25) is 0 Å². The zero-order valence-electron chi connectivity index (χ0n) is 15.3. The molecule has 1 rings (SSSR count). The largest absolute Gasteiger partial charge is 0.480 e. The highest BCUT2D eigenvalue weighted by Gasteiger charge is 2.11. The lowest BCUT2D eigenvalue weighted by molar-refractivity contribution is -0.137. The monoisotopic (exact) mass is 407 g/mol. The molecule has 5 amide bonds. The Hall–Kier alpha value is -3.96. The van der Waals surface area contributed by atoms with Gasteiger partial charge >= 0.3 is 5.97 Å². The minimum atomic E-state index is -1.22. The fourth-order valence-corrected chi connectivity index (χ4v) is 1.81. The van der Waals surface area contributed by atoms with Gasteiger partial charge in [-0.1, -0.05) is 18.2 Å². The molecule has 0 saturated carbocycles. The zero-order chi connectivity index (χ0) is 21.6. The van der Waals surface area contributed by atoms with Gasteiger partial charge in [0.15, 0.2) is 0 Å². The van der Waals surface area contributed by atoms with Gasteiger partial charge < -0.3 is 31.7 Å². The first-order valence-electron chi connectivity index (χ1n) is 8.39. The van der Waals surface area contributed by atoms with Crippen molar-refractivity contribution in [2.75, 3.05) is 32.7 Å². The molecule has 0 saturated heterocycles. The average Bonchev–Trinajstić information content (AvgIpc) is 2.72. The molecule has 0 aliphatic heterocycles. The first-order chi connectivity index (χ1) is 13.8. The second-order valence-corrected chi connectivity index (χ2v) is 5.55. The first-order valence-corrected chi connectivity index (χ1v) is 8.39. The fourth-order valence-electron chi connectivity index (χ4n) is 1.81. The summed E-state index contributed by atoms with van der Waals surface area (Å²) in [5, 5.41) is 19.5. The average molecular weight is 407 g/mol. The van der Waals surface area contributed by atoms with Crippen LogP contribution in [-0.4, -0.2) is 73.3 Å². The van der Waals surface area contributed by atoms with Crippen LogP contribution >= 0.6 is 0 Å². The Morgan fingerprint density at radius 1 is 0.586 bits per heavy atom. The van der Waals surface area contributed by atoms with E-state index in [1.54, 1.807) is 30.3 Å². The molecule has 0 aromatic heterocycles. The van der Waals surface area contributed by atoms with Crippen molar-refractivity contribution in [2.24, 2.45) is 0 Å². The van der Waals surface area contributed by atoms with E-state index in [4.69, 9.17) is 5.11 Å². The summed E-state index contributed by atoms with van der Waals surface area (Å²) < 4.78 is 0. The summed E-state index contributed by atoms with van der Waals surface area (Å²) in [7, 11) is 0. The van der Waals surface area contributed by atoms with E-state index < -0.39 is 61.7 Å². The van der Waals surface area contributed by atoms with Crippen LogP contribution in [0.25, 0.3) is 0 Å². The third kappa shape index (κ3) is 10.7. The van der Waals surface area contributed by atoms with Crippen molar-refractivity contribution in [3.05, 3.63) is 35.9 Å². The van der Waals surface area contributed by atoms with E-state index in [-0.39, 0.29) is 6.54 Å². The molecule has 29 heavy (non-hydrogen) atoms. The number of carboxylic acids is 1. The fraction of sp³-hybridized carbons (Fsp3) is 0.294. The third-order valence-electron chi connectivity index (χ3n) is 3.22.